The van der Waals surface area contributed by atoms with E-state index in [-0.39, 0.29) is 5.56 Å². The lowest BCUT2D eigenvalue weighted by atomic mass is 10.2. The Kier molecular flexibility index (Phi) is 5.83. The number of nitrogens with one attached hydrogen (secondary N) is 1. The van der Waals surface area contributed by atoms with Gasteiger partial charge in [0.1, 0.15) is 5.82 Å². The summed E-state index contributed by atoms with van der Waals surface area (Å²) >= 11 is 1.88. The van der Waals surface area contributed by atoms with Gasteiger partial charge >= 0.3 is 0 Å². The zero-order chi connectivity index (χ0) is 12.7. The molecule has 0 aliphatic heterocycles. The average molecular weight is 256 g/mol. The molecule has 3 N–H and O–H groups in total. The van der Waals surface area contributed by atoms with Gasteiger partial charge < -0.3 is 11.1 Å². The molecule has 0 aliphatic carbocycles. The van der Waals surface area contributed by atoms with Crippen LogP contribution < -0.4 is 11.1 Å². The van der Waals surface area contributed by atoms with E-state index in [4.69, 9.17) is 5.73 Å². The number of hydrogen-bond acceptors (Lipinski definition) is 3. The first-order valence-electron chi connectivity index (χ1n) is 5.56. The molecule has 17 heavy (non-hydrogen) atoms. The number of anilines is 1. The Morgan fingerprint density at radius 1 is 1.53 bits per heavy atom. The molecule has 0 saturated carbocycles. The van der Waals surface area contributed by atoms with Gasteiger partial charge in [0.15, 0.2) is 0 Å². The van der Waals surface area contributed by atoms with Crippen LogP contribution in [0.3, 0.4) is 0 Å². The fraction of sp³-hybridized carbons (Fsp3) is 0.417. The summed E-state index contributed by atoms with van der Waals surface area (Å²) in [6.45, 7) is 2.92. The van der Waals surface area contributed by atoms with E-state index < -0.39 is 11.7 Å². The highest BCUT2D eigenvalue weighted by Gasteiger charge is 2.08. The highest BCUT2D eigenvalue weighted by molar-refractivity contribution is 7.99. The van der Waals surface area contributed by atoms with Crippen molar-refractivity contribution in [1.29, 1.82) is 0 Å². The molecule has 0 spiro atoms. The smallest absolute Gasteiger partial charge is 0.251 e. The maximum absolute atomic E-state index is 13.2. The first-order valence-corrected chi connectivity index (χ1v) is 6.71. The van der Waals surface area contributed by atoms with Gasteiger partial charge in [-0.25, -0.2) is 4.39 Å². The largest absolute Gasteiger partial charge is 0.385 e. The van der Waals surface area contributed by atoms with Crippen molar-refractivity contribution >= 4 is 23.4 Å². The molecule has 0 bridgehead atoms. The van der Waals surface area contributed by atoms with Gasteiger partial charge in [-0.3, -0.25) is 4.79 Å². The van der Waals surface area contributed by atoms with E-state index in [9.17, 15) is 9.18 Å². The zero-order valence-corrected chi connectivity index (χ0v) is 10.6. The number of rotatable bonds is 7. The standard InChI is InChI=1S/C12H17FN2OS/c1-2-17-7-3-6-15-9-4-5-11(13)10(8-9)12(14)16/h4-5,8,15H,2-3,6-7H2,1H3,(H2,14,16). The second-order valence-corrected chi connectivity index (χ2v) is 4.93. The van der Waals surface area contributed by atoms with Crippen LogP contribution >= 0.6 is 11.8 Å². The molecule has 1 aromatic rings. The summed E-state index contributed by atoms with van der Waals surface area (Å²) in [5.41, 5.74) is 5.72. The van der Waals surface area contributed by atoms with Gasteiger partial charge in [0, 0.05) is 12.2 Å². The molecule has 0 radical (unpaired) electrons. The molecular weight excluding hydrogens is 239 g/mol. The van der Waals surface area contributed by atoms with E-state index in [0.717, 1.165) is 30.2 Å². The Hall–Kier alpha value is -1.23. The molecular formula is C12H17FN2OS. The minimum Gasteiger partial charge on any atom is -0.385 e. The lowest BCUT2D eigenvalue weighted by Gasteiger charge is -2.07. The summed E-state index contributed by atoms with van der Waals surface area (Å²) in [5, 5.41) is 3.14. The average Bonchev–Trinajstić information content (AvgIpc) is 2.30. The molecule has 0 aliphatic rings. The normalized spacial score (nSPS) is 10.2. The third kappa shape index (κ3) is 4.65. The van der Waals surface area contributed by atoms with Crippen molar-refractivity contribution in [2.24, 2.45) is 5.73 Å². The number of carbonyl (C=O) groups is 1. The summed E-state index contributed by atoms with van der Waals surface area (Å²) in [4.78, 5) is 10.9. The molecule has 0 fully saturated rings. The van der Waals surface area contributed by atoms with E-state index >= 15 is 0 Å². The van der Waals surface area contributed by atoms with Gasteiger partial charge in [-0.15, -0.1) is 0 Å². The van der Waals surface area contributed by atoms with Crippen LogP contribution in [0, 0.1) is 5.82 Å². The molecule has 0 saturated heterocycles. The fourth-order valence-electron chi connectivity index (χ4n) is 1.38. The number of thioether (sulfide) groups is 1. The van der Waals surface area contributed by atoms with E-state index in [2.05, 4.69) is 12.2 Å². The van der Waals surface area contributed by atoms with Gasteiger partial charge in [-0.05, 0) is 36.1 Å². The van der Waals surface area contributed by atoms with Crippen molar-refractivity contribution in [2.45, 2.75) is 13.3 Å². The lowest BCUT2D eigenvalue weighted by molar-refractivity contribution is 0.0996. The predicted octanol–water partition coefficient (Wildman–Crippen LogP) is 2.48. The summed E-state index contributed by atoms with van der Waals surface area (Å²) in [6, 6.07) is 4.31. The van der Waals surface area contributed by atoms with E-state index in [0.29, 0.717) is 0 Å². The SMILES string of the molecule is CCSCCCNc1ccc(F)c(C(N)=O)c1. The van der Waals surface area contributed by atoms with Crippen molar-refractivity contribution in [3.05, 3.63) is 29.6 Å². The second kappa shape index (κ2) is 7.17. The molecule has 0 heterocycles. The van der Waals surface area contributed by atoms with E-state index in [1.165, 1.54) is 12.1 Å². The number of halogens is 1. The van der Waals surface area contributed by atoms with Crippen LogP contribution in [0.5, 0.6) is 0 Å². The Balaban J connectivity index is 2.49. The third-order valence-corrected chi connectivity index (χ3v) is 3.22. The molecule has 0 unspecified atom stereocenters. The van der Waals surface area contributed by atoms with E-state index in [1.807, 2.05) is 11.8 Å². The number of nitrogens with two attached hydrogens (primary N) is 1. The van der Waals surface area contributed by atoms with Crippen molar-refractivity contribution < 1.29 is 9.18 Å². The predicted molar refractivity (Wildman–Crippen MR) is 71.0 cm³/mol. The molecule has 5 heteroatoms. The number of carbonyl (C=O) groups excluding carboxylic acids is 1. The zero-order valence-electron chi connectivity index (χ0n) is 9.83. The lowest BCUT2D eigenvalue weighted by Crippen LogP contribution is -2.14. The minimum atomic E-state index is -0.743. The number of amides is 1. The van der Waals surface area contributed by atoms with Crippen molar-refractivity contribution in [2.75, 3.05) is 23.4 Å². The third-order valence-electron chi connectivity index (χ3n) is 2.23. The first kappa shape index (κ1) is 13.8. The van der Waals surface area contributed by atoms with Crippen LogP contribution in [0.4, 0.5) is 10.1 Å². The quantitative estimate of drug-likeness (QED) is 0.737. The molecule has 1 amide bonds. The fourth-order valence-corrected chi connectivity index (χ4v) is 2.01. The first-order chi connectivity index (χ1) is 8.15. The van der Waals surface area contributed by atoms with Gasteiger partial charge in [0.05, 0.1) is 5.56 Å². The highest BCUT2D eigenvalue weighted by atomic mass is 32.2. The molecule has 0 aromatic heterocycles. The molecule has 3 nitrogen and oxygen atoms in total. The Morgan fingerprint density at radius 3 is 2.94 bits per heavy atom. The summed E-state index contributed by atoms with van der Waals surface area (Å²) < 4.78 is 13.2. The van der Waals surface area contributed by atoms with Crippen LogP contribution in [0.15, 0.2) is 18.2 Å². The van der Waals surface area contributed by atoms with Gasteiger partial charge in [0.2, 0.25) is 0 Å². The van der Waals surface area contributed by atoms with Crippen molar-refractivity contribution in [3.8, 4) is 0 Å². The number of benzene rings is 1. The summed E-state index contributed by atoms with van der Waals surface area (Å²) in [6.07, 6.45) is 1.03. The van der Waals surface area contributed by atoms with E-state index in [1.54, 1.807) is 6.07 Å². The summed E-state index contributed by atoms with van der Waals surface area (Å²) in [7, 11) is 0. The Morgan fingerprint density at radius 2 is 2.29 bits per heavy atom. The van der Waals surface area contributed by atoms with Crippen LogP contribution in [0.25, 0.3) is 0 Å². The Labute approximate surface area is 105 Å². The second-order valence-electron chi connectivity index (χ2n) is 3.54. The molecule has 1 rings (SSSR count). The minimum absolute atomic E-state index is 0.0714. The van der Waals surface area contributed by atoms with Gasteiger partial charge in [0.25, 0.3) is 5.91 Å². The maximum Gasteiger partial charge on any atom is 0.251 e. The topological polar surface area (TPSA) is 55.1 Å². The highest BCUT2D eigenvalue weighted by Crippen LogP contribution is 2.14. The van der Waals surface area contributed by atoms with Crippen LogP contribution in [0.2, 0.25) is 0 Å². The Bertz CT molecular complexity index is 385. The van der Waals surface area contributed by atoms with Crippen LogP contribution in [-0.2, 0) is 0 Å². The van der Waals surface area contributed by atoms with Gasteiger partial charge in [-0.1, -0.05) is 6.92 Å². The molecule has 1 aromatic carbocycles. The van der Waals surface area contributed by atoms with Crippen LogP contribution in [-0.4, -0.2) is 24.0 Å². The van der Waals surface area contributed by atoms with Gasteiger partial charge in [-0.2, -0.15) is 11.8 Å². The number of primary amides is 1. The number of hydrogen-bond donors (Lipinski definition) is 2. The summed E-state index contributed by atoms with van der Waals surface area (Å²) in [5.74, 6) is 0.882. The monoisotopic (exact) mass is 256 g/mol. The molecule has 0 atom stereocenters. The molecule has 94 valence electrons. The van der Waals surface area contributed by atoms with Crippen LogP contribution in [0.1, 0.15) is 23.7 Å². The van der Waals surface area contributed by atoms with Crippen molar-refractivity contribution in [3.63, 3.8) is 0 Å². The maximum atomic E-state index is 13.2. The van der Waals surface area contributed by atoms with Crippen molar-refractivity contribution in [1.82, 2.24) is 0 Å².